The van der Waals surface area contributed by atoms with Crippen molar-refractivity contribution in [3.8, 4) is 11.3 Å². The molecule has 0 spiro atoms. The summed E-state index contributed by atoms with van der Waals surface area (Å²) in [5.74, 6) is 1.70. The van der Waals surface area contributed by atoms with Crippen LogP contribution in [-0.2, 0) is 4.74 Å². The van der Waals surface area contributed by atoms with Gasteiger partial charge in [0.05, 0.1) is 12.3 Å². The third-order valence-electron chi connectivity index (χ3n) is 4.75. The zero-order valence-electron chi connectivity index (χ0n) is 15.2. The van der Waals surface area contributed by atoms with Crippen LogP contribution in [-0.4, -0.2) is 42.8 Å². The van der Waals surface area contributed by atoms with Crippen LogP contribution >= 0.6 is 0 Å². The van der Waals surface area contributed by atoms with Crippen molar-refractivity contribution in [3.05, 3.63) is 36.4 Å². The van der Waals surface area contributed by atoms with Gasteiger partial charge < -0.3 is 15.0 Å². The van der Waals surface area contributed by atoms with Gasteiger partial charge in [0, 0.05) is 37.9 Å². The monoisotopic (exact) mass is 340 g/mol. The molecule has 1 fully saturated rings. The number of rotatable bonds is 7. The van der Waals surface area contributed by atoms with Gasteiger partial charge in [0.25, 0.3) is 0 Å². The fourth-order valence-corrected chi connectivity index (χ4v) is 3.38. The standard InChI is InChI=1S/C20H28N4O/c1-3-17-11-7-8-13-24(17)20-22-18(16-9-5-4-6-10-16)15-19(23-20)21-12-14-25-2/h4-6,9-10,15,17H,3,7-8,11-14H2,1-2H3,(H,21,22,23). The Labute approximate surface area is 150 Å². The zero-order valence-corrected chi connectivity index (χ0v) is 15.2. The number of nitrogens with one attached hydrogen (secondary N) is 1. The molecule has 1 aromatic heterocycles. The van der Waals surface area contributed by atoms with Crippen molar-refractivity contribution in [2.45, 2.75) is 38.6 Å². The summed E-state index contributed by atoms with van der Waals surface area (Å²) in [6.07, 6.45) is 4.86. The highest BCUT2D eigenvalue weighted by Gasteiger charge is 2.24. The molecule has 2 heterocycles. The number of ether oxygens (including phenoxy) is 1. The number of anilines is 2. The van der Waals surface area contributed by atoms with Crippen molar-refractivity contribution in [2.24, 2.45) is 0 Å². The molecule has 2 aromatic rings. The molecule has 134 valence electrons. The van der Waals surface area contributed by atoms with E-state index in [1.165, 1.54) is 19.3 Å². The van der Waals surface area contributed by atoms with E-state index in [1.54, 1.807) is 7.11 Å². The Morgan fingerprint density at radius 3 is 2.80 bits per heavy atom. The molecule has 0 bridgehead atoms. The van der Waals surface area contributed by atoms with Crippen LogP contribution < -0.4 is 10.2 Å². The normalized spacial score (nSPS) is 17.5. The lowest BCUT2D eigenvalue weighted by molar-refractivity contribution is 0.210. The Balaban J connectivity index is 1.94. The summed E-state index contributed by atoms with van der Waals surface area (Å²) < 4.78 is 5.14. The fourth-order valence-electron chi connectivity index (χ4n) is 3.38. The van der Waals surface area contributed by atoms with Gasteiger partial charge in [-0.25, -0.2) is 4.98 Å². The van der Waals surface area contributed by atoms with Gasteiger partial charge in [0.1, 0.15) is 5.82 Å². The lowest BCUT2D eigenvalue weighted by atomic mass is 10.0. The van der Waals surface area contributed by atoms with E-state index >= 15 is 0 Å². The van der Waals surface area contributed by atoms with Gasteiger partial charge in [-0.15, -0.1) is 0 Å². The lowest BCUT2D eigenvalue weighted by Crippen LogP contribution is -2.40. The number of hydrogen-bond donors (Lipinski definition) is 1. The van der Waals surface area contributed by atoms with E-state index in [2.05, 4.69) is 29.3 Å². The molecule has 5 heteroatoms. The van der Waals surface area contributed by atoms with Crippen LogP contribution in [0.15, 0.2) is 36.4 Å². The van der Waals surface area contributed by atoms with Crippen LogP contribution in [0.2, 0.25) is 0 Å². The predicted octanol–water partition coefficient (Wildman–Crippen LogP) is 3.97. The smallest absolute Gasteiger partial charge is 0.228 e. The van der Waals surface area contributed by atoms with E-state index in [0.717, 1.165) is 42.5 Å². The summed E-state index contributed by atoms with van der Waals surface area (Å²) in [6, 6.07) is 12.9. The first-order chi connectivity index (χ1) is 12.3. The molecule has 0 radical (unpaired) electrons. The highest BCUT2D eigenvalue weighted by Crippen LogP contribution is 2.28. The molecule has 1 saturated heterocycles. The SMILES string of the molecule is CCC1CCCCN1c1nc(NCCOC)cc(-c2ccccc2)n1. The predicted molar refractivity (Wildman–Crippen MR) is 103 cm³/mol. The second-order valence-corrected chi connectivity index (χ2v) is 6.48. The van der Waals surface area contributed by atoms with E-state index in [1.807, 2.05) is 24.3 Å². The van der Waals surface area contributed by atoms with E-state index < -0.39 is 0 Å². The molecule has 25 heavy (non-hydrogen) atoms. The minimum Gasteiger partial charge on any atom is -0.383 e. The molecule has 1 aliphatic rings. The van der Waals surface area contributed by atoms with Gasteiger partial charge in [-0.3, -0.25) is 0 Å². The minimum absolute atomic E-state index is 0.534. The Morgan fingerprint density at radius 2 is 2.04 bits per heavy atom. The van der Waals surface area contributed by atoms with Gasteiger partial charge in [0.15, 0.2) is 0 Å². The number of hydrogen-bond acceptors (Lipinski definition) is 5. The van der Waals surface area contributed by atoms with Crippen molar-refractivity contribution >= 4 is 11.8 Å². The molecular formula is C20H28N4O. The second-order valence-electron chi connectivity index (χ2n) is 6.48. The van der Waals surface area contributed by atoms with Crippen molar-refractivity contribution in [3.63, 3.8) is 0 Å². The molecule has 3 rings (SSSR count). The first-order valence-corrected chi connectivity index (χ1v) is 9.25. The van der Waals surface area contributed by atoms with Crippen LogP contribution in [0.1, 0.15) is 32.6 Å². The molecule has 0 aliphatic carbocycles. The fraction of sp³-hybridized carbons (Fsp3) is 0.500. The summed E-state index contributed by atoms with van der Waals surface area (Å²) in [5.41, 5.74) is 2.08. The minimum atomic E-state index is 0.534. The third-order valence-corrected chi connectivity index (χ3v) is 4.75. The highest BCUT2D eigenvalue weighted by molar-refractivity contribution is 5.64. The molecule has 1 atom stereocenters. The maximum absolute atomic E-state index is 5.14. The van der Waals surface area contributed by atoms with Crippen LogP contribution in [0.3, 0.4) is 0 Å². The molecular weight excluding hydrogens is 312 g/mol. The van der Waals surface area contributed by atoms with Gasteiger partial charge in [-0.05, 0) is 25.7 Å². The number of piperidine rings is 1. The number of nitrogens with zero attached hydrogens (tertiary/aromatic N) is 3. The second kappa shape index (κ2) is 8.81. The third kappa shape index (κ3) is 4.48. The van der Waals surface area contributed by atoms with Crippen molar-refractivity contribution in [1.29, 1.82) is 0 Å². The highest BCUT2D eigenvalue weighted by atomic mass is 16.5. The average Bonchev–Trinajstić information content (AvgIpc) is 2.68. The number of methoxy groups -OCH3 is 1. The van der Waals surface area contributed by atoms with E-state index in [4.69, 9.17) is 14.7 Å². The summed E-state index contributed by atoms with van der Waals surface area (Å²) in [6.45, 7) is 4.68. The van der Waals surface area contributed by atoms with Gasteiger partial charge >= 0.3 is 0 Å². The molecule has 0 amide bonds. The summed E-state index contributed by atoms with van der Waals surface area (Å²) in [7, 11) is 1.71. The lowest BCUT2D eigenvalue weighted by Gasteiger charge is -2.35. The van der Waals surface area contributed by atoms with Gasteiger partial charge in [-0.2, -0.15) is 4.98 Å². The number of aromatic nitrogens is 2. The quantitative estimate of drug-likeness (QED) is 0.773. The Hall–Kier alpha value is -2.14. The number of benzene rings is 1. The molecule has 1 N–H and O–H groups in total. The molecule has 5 nitrogen and oxygen atoms in total. The van der Waals surface area contributed by atoms with Crippen molar-refractivity contribution in [1.82, 2.24) is 9.97 Å². The largest absolute Gasteiger partial charge is 0.383 e. The first-order valence-electron chi connectivity index (χ1n) is 9.25. The Morgan fingerprint density at radius 1 is 1.20 bits per heavy atom. The summed E-state index contributed by atoms with van der Waals surface area (Å²) in [4.78, 5) is 12.1. The van der Waals surface area contributed by atoms with E-state index in [9.17, 15) is 0 Å². The van der Waals surface area contributed by atoms with Crippen LogP contribution in [0.5, 0.6) is 0 Å². The molecule has 0 saturated carbocycles. The Kier molecular flexibility index (Phi) is 6.23. The van der Waals surface area contributed by atoms with Crippen molar-refractivity contribution in [2.75, 3.05) is 37.0 Å². The maximum Gasteiger partial charge on any atom is 0.228 e. The Bertz CT molecular complexity index is 662. The van der Waals surface area contributed by atoms with Crippen LogP contribution in [0, 0.1) is 0 Å². The average molecular weight is 340 g/mol. The summed E-state index contributed by atoms with van der Waals surface area (Å²) in [5, 5.41) is 3.37. The summed E-state index contributed by atoms with van der Waals surface area (Å²) >= 11 is 0. The first kappa shape index (κ1) is 17.7. The molecule has 1 aromatic carbocycles. The van der Waals surface area contributed by atoms with Crippen molar-refractivity contribution < 1.29 is 4.74 Å². The maximum atomic E-state index is 5.14. The van der Waals surface area contributed by atoms with Gasteiger partial charge in [0.2, 0.25) is 5.95 Å². The van der Waals surface area contributed by atoms with Gasteiger partial charge in [-0.1, -0.05) is 37.3 Å². The van der Waals surface area contributed by atoms with Crippen LogP contribution in [0.4, 0.5) is 11.8 Å². The molecule has 1 aliphatic heterocycles. The van der Waals surface area contributed by atoms with E-state index in [0.29, 0.717) is 12.6 Å². The zero-order chi connectivity index (χ0) is 17.5. The van der Waals surface area contributed by atoms with E-state index in [-0.39, 0.29) is 0 Å². The topological polar surface area (TPSA) is 50.3 Å². The molecule has 1 unspecified atom stereocenters. The van der Waals surface area contributed by atoms with Crippen LogP contribution in [0.25, 0.3) is 11.3 Å².